The molecular weight excluding hydrogens is 252 g/mol. The highest BCUT2D eigenvalue weighted by molar-refractivity contribution is 7.22. The summed E-state index contributed by atoms with van der Waals surface area (Å²) in [6.07, 6.45) is 1.97. The van der Waals surface area contributed by atoms with Crippen LogP contribution in [0.15, 0.2) is 18.2 Å². The van der Waals surface area contributed by atoms with Gasteiger partial charge in [0.2, 0.25) is 0 Å². The van der Waals surface area contributed by atoms with E-state index in [2.05, 4.69) is 10.3 Å². The van der Waals surface area contributed by atoms with Crippen LogP contribution in [0.4, 0.5) is 10.8 Å². The van der Waals surface area contributed by atoms with Gasteiger partial charge in [0.05, 0.1) is 15.1 Å². The van der Waals surface area contributed by atoms with Gasteiger partial charge in [-0.25, -0.2) is 4.98 Å². The van der Waals surface area contributed by atoms with Crippen molar-refractivity contribution in [3.63, 3.8) is 0 Å². The summed E-state index contributed by atoms with van der Waals surface area (Å²) < 4.78 is 0.825. The molecule has 0 saturated heterocycles. The standard InChI is InChI=1S/C11H14N4O2S/c12-5-1-2-6-13-11-14-9-4-3-8(15(16)17)7-10(9)18-11/h3-4,7H,1-2,5-6,12H2,(H,13,14). The van der Waals surface area contributed by atoms with Gasteiger partial charge in [-0.15, -0.1) is 0 Å². The SMILES string of the molecule is NCCCCNc1nc2ccc([N+](=O)[O-])cc2s1. The van der Waals surface area contributed by atoms with Crippen LogP contribution in [0, 0.1) is 10.1 Å². The summed E-state index contributed by atoms with van der Waals surface area (Å²) in [4.78, 5) is 14.6. The van der Waals surface area contributed by atoms with Gasteiger partial charge in [-0.1, -0.05) is 11.3 Å². The van der Waals surface area contributed by atoms with Crippen LogP contribution in [0.2, 0.25) is 0 Å². The topological polar surface area (TPSA) is 94.1 Å². The zero-order chi connectivity index (χ0) is 13.0. The van der Waals surface area contributed by atoms with Gasteiger partial charge in [0.25, 0.3) is 5.69 Å². The van der Waals surface area contributed by atoms with Gasteiger partial charge in [-0.3, -0.25) is 10.1 Å². The number of hydrogen-bond donors (Lipinski definition) is 2. The lowest BCUT2D eigenvalue weighted by Gasteiger charge is -1.99. The number of nitro groups is 1. The molecule has 0 spiro atoms. The van der Waals surface area contributed by atoms with Crippen LogP contribution in [0.3, 0.4) is 0 Å². The molecule has 7 heteroatoms. The first kappa shape index (κ1) is 12.7. The third kappa shape index (κ3) is 2.93. The minimum Gasteiger partial charge on any atom is -0.361 e. The maximum Gasteiger partial charge on any atom is 0.270 e. The Bertz CT molecular complexity index is 555. The lowest BCUT2D eigenvalue weighted by molar-refractivity contribution is -0.384. The fraction of sp³-hybridized carbons (Fsp3) is 0.364. The van der Waals surface area contributed by atoms with Gasteiger partial charge < -0.3 is 11.1 Å². The molecule has 0 amide bonds. The van der Waals surface area contributed by atoms with E-state index in [1.165, 1.54) is 17.4 Å². The molecule has 0 fully saturated rings. The molecule has 0 aliphatic carbocycles. The van der Waals surface area contributed by atoms with E-state index in [0.29, 0.717) is 6.54 Å². The van der Waals surface area contributed by atoms with E-state index < -0.39 is 4.92 Å². The first-order valence-corrected chi connectivity index (χ1v) is 6.51. The fourth-order valence-corrected chi connectivity index (χ4v) is 2.49. The second-order valence-electron chi connectivity index (χ2n) is 3.85. The molecule has 0 bridgehead atoms. The summed E-state index contributed by atoms with van der Waals surface area (Å²) in [5, 5.41) is 14.7. The molecule has 1 aromatic carbocycles. The second kappa shape index (κ2) is 5.74. The number of hydrogen-bond acceptors (Lipinski definition) is 6. The van der Waals surface area contributed by atoms with Crippen LogP contribution in [-0.2, 0) is 0 Å². The summed E-state index contributed by atoms with van der Waals surface area (Å²) in [5.74, 6) is 0. The minimum atomic E-state index is -0.395. The first-order chi connectivity index (χ1) is 8.70. The van der Waals surface area contributed by atoms with Crippen molar-refractivity contribution in [3.8, 4) is 0 Å². The number of non-ortho nitro benzene ring substituents is 1. The average Bonchev–Trinajstić information content (AvgIpc) is 2.76. The third-order valence-corrected chi connectivity index (χ3v) is 3.47. The highest BCUT2D eigenvalue weighted by Gasteiger charge is 2.09. The Morgan fingerprint density at radius 2 is 2.28 bits per heavy atom. The van der Waals surface area contributed by atoms with Crippen molar-refractivity contribution >= 4 is 32.4 Å². The number of unbranched alkanes of at least 4 members (excludes halogenated alkanes) is 1. The fourth-order valence-electron chi connectivity index (χ4n) is 1.57. The van der Waals surface area contributed by atoms with Gasteiger partial charge in [0, 0.05) is 18.7 Å². The molecule has 18 heavy (non-hydrogen) atoms. The van der Waals surface area contributed by atoms with E-state index in [1.54, 1.807) is 12.1 Å². The molecule has 1 heterocycles. The van der Waals surface area contributed by atoms with E-state index in [4.69, 9.17) is 5.73 Å². The van der Waals surface area contributed by atoms with Gasteiger partial charge in [0.1, 0.15) is 0 Å². The molecule has 0 atom stereocenters. The van der Waals surface area contributed by atoms with Crippen molar-refractivity contribution < 1.29 is 4.92 Å². The number of fused-ring (bicyclic) bond motifs is 1. The summed E-state index contributed by atoms with van der Waals surface area (Å²) in [6, 6.07) is 4.70. The molecule has 6 nitrogen and oxygen atoms in total. The quantitative estimate of drug-likeness (QED) is 0.475. The molecule has 96 valence electrons. The van der Waals surface area contributed by atoms with Crippen molar-refractivity contribution in [1.82, 2.24) is 4.98 Å². The molecule has 1 aromatic heterocycles. The van der Waals surface area contributed by atoms with Crippen molar-refractivity contribution in [1.29, 1.82) is 0 Å². The van der Waals surface area contributed by atoms with Gasteiger partial charge in [-0.2, -0.15) is 0 Å². The van der Waals surface area contributed by atoms with Crippen LogP contribution in [-0.4, -0.2) is 23.0 Å². The van der Waals surface area contributed by atoms with Gasteiger partial charge in [0.15, 0.2) is 5.13 Å². The monoisotopic (exact) mass is 266 g/mol. The lowest BCUT2D eigenvalue weighted by Crippen LogP contribution is -2.05. The van der Waals surface area contributed by atoms with Crippen LogP contribution < -0.4 is 11.1 Å². The van der Waals surface area contributed by atoms with Crippen molar-refractivity contribution in [3.05, 3.63) is 28.3 Å². The number of nitrogens with two attached hydrogens (primary N) is 1. The number of nitrogens with one attached hydrogen (secondary N) is 1. The van der Waals surface area contributed by atoms with Crippen LogP contribution in [0.25, 0.3) is 10.2 Å². The Kier molecular flexibility index (Phi) is 4.06. The van der Waals surface area contributed by atoms with E-state index >= 15 is 0 Å². The molecule has 0 saturated carbocycles. The zero-order valence-corrected chi connectivity index (χ0v) is 10.6. The maximum atomic E-state index is 10.7. The molecule has 0 unspecified atom stereocenters. The number of rotatable bonds is 6. The summed E-state index contributed by atoms with van der Waals surface area (Å²) in [7, 11) is 0. The second-order valence-corrected chi connectivity index (χ2v) is 4.88. The highest BCUT2D eigenvalue weighted by atomic mass is 32.1. The summed E-state index contributed by atoms with van der Waals surface area (Å²) >= 11 is 1.43. The Morgan fingerprint density at radius 1 is 1.44 bits per heavy atom. The molecule has 2 rings (SSSR count). The lowest BCUT2D eigenvalue weighted by atomic mass is 10.3. The average molecular weight is 266 g/mol. The number of aromatic nitrogens is 1. The van der Waals surface area contributed by atoms with Crippen LogP contribution in [0.1, 0.15) is 12.8 Å². The molecule has 3 N–H and O–H groups in total. The molecule has 2 aromatic rings. The van der Waals surface area contributed by atoms with Crippen LogP contribution in [0.5, 0.6) is 0 Å². The minimum absolute atomic E-state index is 0.0980. The van der Waals surface area contributed by atoms with Crippen molar-refractivity contribution in [2.24, 2.45) is 5.73 Å². The molecular formula is C11H14N4O2S. The highest BCUT2D eigenvalue weighted by Crippen LogP contribution is 2.28. The Balaban J connectivity index is 2.09. The number of benzene rings is 1. The number of thiazole rings is 1. The molecule has 0 aliphatic heterocycles. The number of nitrogens with zero attached hydrogens (tertiary/aromatic N) is 2. The Hall–Kier alpha value is -1.73. The molecule has 0 aliphatic rings. The maximum absolute atomic E-state index is 10.7. The van der Waals surface area contributed by atoms with Crippen molar-refractivity contribution in [2.75, 3.05) is 18.4 Å². The van der Waals surface area contributed by atoms with Gasteiger partial charge in [-0.05, 0) is 25.5 Å². The van der Waals surface area contributed by atoms with E-state index in [0.717, 1.165) is 34.7 Å². The normalized spacial score (nSPS) is 10.7. The zero-order valence-electron chi connectivity index (χ0n) is 9.76. The summed E-state index contributed by atoms with van der Waals surface area (Å²) in [6.45, 7) is 1.51. The number of nitro benzene ring substituents is 1. The molecule has 0 radical (unpaired) electrons. The van der Waals surface area contributed by atoms with E-state index in [-0.39, 0.29) is 5.69 Å². The smallest absolute Gasteiger partial charge is 0.270 e. The predicted molar refractivity (Wildman–Crippen MR) is 73.1 cm³/mol. The first-order valence-electron chi connectivity index (χ1n) is 5.69. The predicted octanol–water partition coefficient (Wildman–Crippen LogP) is 2.36. The Morgan fingerprint density at radius 3 is 3.00 bits per heavy atom. The Labute approximate surface area is 108 Å². The van der Waals surface area contributed by atoms with Crippen LogP contribution >= 0.6 is 11.3 Å². The van der Waals surface area contributed by atoms with Crippen molar-refractivity contribution in [2.45, 2.75) is 12.8 Å². The number of anilines is 1. The van der Waals surface area contributed by atoms with E-state index in [9.17, 15) is 10.1 Å². The largest absolute Gasteiger partial charge is 0.361 e. The van der Waals surface area contributed by atoms with Gasteiger partial charge >= 0.3 is 0 Å². The summed E-state index contributed by atoms with van der Waals surface area (Å²) in [5.41, 5.74) is 6.29. The van der Waals surface area contributed by atoms with E-state index in [1.807, 2.05) is 0 Å². The third-order valence-electron chi connectivity index (χ3n) is 2.49.